The zero-order chi connectivity index (χ0) is 68.5. The topological polar surface area (TPSA) is 324 Å². The Bertz CT molecular complexity index is 4550. The van der Waals surface area contributed by atoms with Gasteiger partial charge in [-0.1, -0.05) is 66.7 Å². The van der Waals surface area contributed by atoms with Gasteiger partial charge in [0.1, 0.15) is 90.5 Å². The van der Waals surface area contributed by atoms with Gasteiger partial charge in [-0.15, -0.1) is 0 Å². The van der Waals surface area contributed by atoms with E-state index >= 15 is 0 Å². The van der Waals surface area contributed by atoms with Crippen LogP contribution in [-0.2, 0) is 35.8 Å². The SMILES string of the molecule is COc1ccc(OC)c(S(=O)(=O)Nc2ccc(OCCOc3ccc(C(=O)O)cc3)cc2)c1.O=C(O)c1ccc(OCCOc2ccc(NS(=O)(=O)Cc3ccccc3)cc2)cc1.O=C(O)c1ccc(OCCOc2ccc(NS(=O)(=O)c3cccc4ccccc34)cc2)cc1. The fourth-order valence-electron chi connectivity index (χ4n) is 8.75. The number of hydrogen-bond donors (Lipinski definition) is 6. The number of anilines is 3. The number of carbonyl (C=O) groups is 3. The Morgan fingerprint density at radius 2 is 0.677 bits per heavy atom. The molecule has 96 heavy (non-hydrogen) atoms. The summed E-state index contributed by atoms with van der Waals surface area (Å²) in [5.74, 6) is 0.787. The second-order valence-electron chi connectivity index (χ2n) is 20.2. The molecule has 0 heterocycles. The van der Waals surface area contributed by atoms with E-state index in [4.69, 9.17) is 53.2 Å². The summed E-state index contributed by atoms with van der Waals surface area (Å²) < 4.78 is 127. The number of hydrogen-bond acceptors (Lipinski definition) is 17. The lowest BCUT2D eigenvalue weighted by molar-refractivity contribution is 0.0686. The Morgan fingerprint density at radius 3 is 1.05 bits per heavy atom. The maximum atomic E-state index is 12.9. The van der Waals surface area contributed by atoms with Crippen LogP contribution < -0.4 is 52.1 Å². The third-order valence-electron chi connectivity index (χ3n) is 13.4. The number of rotatable bonds is 30. The van der Waals surface area contributed by atoms with Gasteiger partial charge in [0.25, 0.3) is 20.0 Å². The minimum absolute atomic E-state index is 0.0433. The highest BCUT2D eigenvalue weighted by atomic mass is 32.2. The number of carboxylic acids is 3. The van der Waals surface area contributed by atoms with E-state index in [0.29, 0.717) is 68.3 Å². The van der Waals surface area contributed by atoms with Crippen molar-refractivity contribution in [1.82, 2.24) is 0 Å². The maximum absolute atomic E-state index is 12.9. The van der Waals surface area contributed by atoms with Crippen molar-refractivity contribution in [3.8, 4) is 46.0 Å². The first kappa shape index (κ1) is 70.4. The van der Waals surface area contributed by atoms with E-state index in [2.05, 4.69) is 14.2 Å². The fraction of sp³-hybridized carbons (Fsp3) is 0.129. The molecule has 10 aromatic carbocycles. The van der Waals surface area contributed by atoms with Crippen molar-refractivity contribution in [2.75, 3.05) is 68.0 Å². The summed E-state index contributed by atoms with van der Waals surface area (Å²) in [5.41, 5.74) is 2.50. The molecule has 10 aromatic rings. The van der Waals surface area contributed by atoms with Crippen molar-refractivity contribution < 1.29 is 92.9 Å². The summed E-state index contributed by atoms with van der Waals surface area (Å²) in [6.07, 6.45) is 0. The number of aromatic carboxylic acids is 3. The van der Waals surface area contributed by atoms with Crippen molar-refractivity contribution in [2.45, 2.75) is 15.5 Å². The van der Waals surface area contributed by atoms with Gasteiger partial charge in [0.2, 0.25) is 10.0 Å². The standard InChI is InChI=1S/C25H21NO6S.C23H23NO8S.C22H21NO6S/c27-25(28)19-8-12-21(13-9-19)31-16-17-32-22-14-10-20(11-15-22)26-33(29,30)24-7-3-5-18-4-1-2-6-23(18)24;1-29-20-11-12-21(30-2)22(15-20)33(27,28)24-17-5-9-19(10-6-17)32-14-13-31-18-7-3-16(4-8-18)23(25)26;24-22(25)18-6-10-20(11-7-18)28-14-15-29-21-12-8-19(9-13-21)23-30(26,27)16-17-4-2-1-3-5-17/h1-15,26H,16-17H2,(H,27,28);3-12,15,24H,13-14H2,1-2H3,(H,25,26);1-13,23H,14-16H2,(H,24,25). The zero-order valence-electron chi connectivity index (χ0n) is 51.5. The molecule has 0 unspecified atom stereocenters. The Labute approximate surface area is 554 Å². The molecule has 10 rings (SSSR count). The van der Waals surface area contributed by atoms with E-state index in [-0.39, 0.29) is 77.6 Å². The summed E-state index contributed by atoms with van der Waals surface area (Å²) in [6.45, 7) is 1.57. The van der Waals surface area contributed by atoms with Gasteiger partial charge < -0.3 is 53.2 Å². The van der Waals surface area contributed by atoms with Crippen LogP contribution in [0.5, 0.6) is 46.0 Å². The van der Waals surface area contributed by atoms with Gasteiger partial charge in [-0.25, -0.2) is 39.6 Å². The van der Waals surface area contributed by atoms with Crippen LogP contribution in [0.2, 0.25) is 0 Å². The highest BCUT2D eigenvalue weighted by Gasteiger charge is 2.22. The summed E-state index contributed by atoms with van der Waals surface area (Å²) in [4.78, 5) is 32.7. The van der Waals surface area contributed by atoms with Crippen molar-refractivity contribution >= 4 is 75.8 Å². The summed E-state index contributed by atoms with van der Waals surface area (Å²) in [7, 11) is -8.34. The average molecular weight is 1360 g/mol. The molecule has 0 aliphatic carbocycles. The number of benzene rings is 10. The van der Waals surface area contributed by atoms with Crippen molar-refractivity contribution in [3.63, 3.8) is 0 Å². The van der Waals surface area contributed by atoms with E-state index in [1.54, 1.807) is 158 Å². The van der Waals surface area contributed by atoms with E-state index in [1.807, 2.05) is 30.3 Å². The van der Waals surface area contributed by atoms with Crippen LogP contribution in [0.1, 0.15) is 36.6 Å². The van der Waals surface area contributed by atoms with E-state index in [1.165, 1.54) is 62.8 Å². The number of nitrogens with one attached hydrogen (secondary N) is 3. The van der Waals surface area contributed by atoms with Crippen molar-refractivity contribution in [3.05, 3.63) is 259 Å². The van der Waals surface area contributed by atoms with E-state index in [9.17, 15) is 39.6 Å². The summed E-state index contributed by atoms with van der Waals surface area (Å²) in [6, 6.07) is 63.8. The summed E-state index contributed by atoms with van der Waals surface area (Å²) in [5, 5.41) is 28.2. The minimum atomic E-state index is -3.91. The number of ether oxygens (including phenoxy) is 8. The molecule has 0 fully saturated rings. The van der Waals surface area contributed by atoms with Gasteiger partial charge in [0.05, 0.1) is 41.6 Å². The molecule has 0 aliphatic rings. The second kappa shape index (κ2) is 33.9. The molecule has 23 nitrogen and oxygen atoms in total. The molecule has 26 heteroatoms. The molecule has 0 aliphatic heterocycles. The normalized spacial score (nSPS) is 11.0. The Kier molecular flexibility index (Phi) is 24.9. The molecule has 0 aromatic heterocycles. The fourth-order valence-corrected chi connectivity index (χ4v) is 12.5. The summed E-state index contributed by atoms with van der Waals surface area (Å²) >= 11 is 0. The van der Waals surface area contributed by atoms with Crippen LogP contribution in [0.15, 0.2) is 246 Å². The average Bonchev–Trinajstić information content (AvgIpc) is 0.800. The molecule has 498 valence electrons. The highest BCUT2D eigenvalue weighted by Crippen LogP contribution is 2.31. The van der Waals surface area contributed by atoms with Gasteiger partial charge in [-0.2, -0.15) is 0 Å². The first-order valence-corrected chi connectivity index (χ1v) is 33.6. The minimum Gasteiger partial charge on any atom is -0.497 e. The van der Waals surface area contributed by atoms with Crippen molar-refractivity contribution in [2.24, 2.45) is 0 Å². The predicted molar refractivity (Wildman–Crippen MR) is 360 cm³/mol. The largest absolute Gasteiger partial charge is 0.497 e. The molecule has 0 radical (unpaired) electrons. The Balaban J connectivity index is 0.000000184. The first-order valence-electron chi connectivity index (χ1n) is 29.0. The molecular formula is C70H65N3O20S3. The highest BCUT2D eigenvalue weighted by molar-refractivity contribution is 7.93. The molecule has 0 spiro atoms. The number of sulfonamides is 3. The van der Waals surface area contributed by atoms with Crippen LogP contribution in [-0.4, -0.2) is 112 Å². The van der Waals surface area contributed by atoms with Crippen LogP contribution in [0.3, 0.4) is 0 Å². The quantitative estimate of drug-likeness (QED) is 0.0228. The predicted octanol–water partition coefficient (Wildman–Crippen LogP) is 12.2. The van der Waals surface area contributed by atoms with Gasteiger partial charge in [0, 0.05) is 28.5 Å². The number of fused-ring (bicyclic) bond motifs is 1. The third-order valence-corrected chi connectivity index (χ3v) is 17.5. The van der Waals surface area contributed by atoms with Crippen LogP contribution in [0.25, 0.3) is 10.8 Å². The number of carboxylic acid groups (broad SMARTS) is 3. The monoisotopic (exact) mass is 1360 g/mol. The zero-order valence-corrected chi connectivity index (χ0v) is 53.9. The third kappa shape index (κ3) is 21.6. The Morgan fingerprint density at radius 1 is 0.344 bits per heavy atom. The van der Waals surface area contributed by atoms with E-state index in [0.717, 1.165) is 5.39 Å². The van der Waals surface area contributed by atoms with Crippen molar-refractivity contribution in [1.29, 1.82) is 0 Å². The molecule has 6 N–H and O–H groups in total. The van der Waals surface area contributed by atoms with Crippen LogP contribution in [0, 0.1) is 0 Å². The molecule has 0 amide bonds. The molecule has 0 saturated carbocycles. The number of methoxy groups -OCH3 is 2. The van der Waals surface area contributed by atoms with Gasteiger partial charge in [-0.3, -0.25) is 14.2 Å². The smallest absolute Gasteiger partial charge is 0.335 e. The van der Waals surface area contributed by atoms with E-state index < -0.39 is 48.0 Å². The molecule has 0 saturated heterocycles. The molecular weight excluding hydrogens is 1300 g/mol. The van der Waals surface area contributed by atoms with Crippen LogP contribution >= 0.6 is 0 Å². The lowest BCUT2D eigenvalue weighted by Crippen LogP contribution is -2.15. The maximum Gasteiger partial charge on any atom is 0.335 e. The lowest BCUT2D eigenvalue weighted by atomic mass is 10.1. The Hall–Kier alpha value is -11.5. The van der Waals surface area contributed by atoms with Crippen LogP contribution in [0.4, 0.5) is 17.1 Å². The van der Waals surface area contributed by atoms with Gasteiger partial charge in [-0.05, 0) is 175 Å². The molecule has 0 bridgehead atoms. The van der Waals surface area contributed by atoms with Gasteiger partial charge >= 0.3 is 17.9 Å². The van der Waals surface area contributed by atoms with Gasteiger partial charge in [0.15, 0.2) is 0 Å². The first-order chi connectivity index (χ1) is 46.1. The second-order valence-corrected chi connectivity index (χ2v) is 25.2. The lowest BCUT2D eigenvalue weighted by Gasteiger charge is -2.13. The molecule has 0 atom stereocenters.